The molecule has 1 aromatic heterocycles. The standard InChI is InChI=1S/C16H21N5O3S/c1-11-8-15(20-16(19-11)18-5-7-22)21-6-4-12-2-3-14(25(17,23)24)9-13(12)10-21/h2-3,8-9,22H,4-7,10H2,1H3,(H2,17,23,24)(H,18,19,20). The van der Waals surface area contributed by atoms with Gasteiger partial charge in [-0.2, -0.15) is 4.98 Å². The van der Waals surface area contributed by atoms with Crippen LogP contribution in [0, 0.1) is 6.92 Å². The van der Waals surface area contributed by atoms with E-state index >= 15 is 0 Å². The quantitative estimate of drug-likeness (QED) is 0.703. The number of hydrogen-bond donors (Lipinski definition) is 3. The van der Waals surface area contributed by atoms with Crippen LogP contribution in [0.15, 0.2) is 29.2 Å². The first-order chi connectivity index (χ1) is 11.9. The van der Waals surface area contributed by atoms with Crippen LogP contribution in [-0.2, 0) is 23.0 Å². The summed E-state index contributed by atoms with van der Waals surface area (Å²) in [6.07, 6.45) is 0.794. The number of aromatic nitrogens is 2. The van der Waals surface area contributed by atoms with Gasteiger partial charge in [0.2, 0.25) is 16.0 Å². The molecule has 0 saturated carbocycles. The molecule has 0 unspecified atom stereocenters. The lowest BCUT2D eigenvalue weighted by atomic mass is 10.00. The molecule has 0 aliphatic carbocycles. The zero-order valence-corrected chi connectivity index (χ0v) is 14.8. The second-order valence-corrected chi connectivity index (χ2v) is 7.55. The zero-order valence-electron chi connectivity index (χ0n) is 13.9. The van der Waals surface area contributed by atoms with Gasteiger partial charge in [0.25, 0.3) is 0 Å². The Morgan fingerprint density at radius 1 is 1.28 bits per heavy atom. The Bertz CT molecular complexity index is 885. The van der Waals surface area contributed by atoms with Crippen molar-refractivity contribution >= 4 is 21.8 Å². The van der Waals surface area contributed by atoms with Gasteiger partial charge < -0.3 is 15.3 Å². The molecule has 0 bridgehead atoms. The Morgan fingerprint density at radius 3 is 2.80 bits per heavy atom. The Labute approximate surface area is 146 Å². The lowest BCUT2D eigenvalue weighted by Crippen LogP contribution is -2.31. The highest BCUT2D eigenvalue weighted by atomic mass is 32.2. The number of primary sulfonamides is 1. The number of nitrogens with one attached hydrogen (secondary N) is 1. The van der Waals surface area contributed by atoms with Crippen LogP contribution in [0.3, 0.4) is 0 Å². The van der Waals surface area contributed by atoms with Crippen molar-refractivity contribution in [1.82, 2.24) is 9.97 Å². The average Bonchev–Trinajstić information content (AvgIpc) is 2.57. The van der Waals surface area contributed by atoms with Gasteiger partial charge in [0.15, 0.2) is 0 Å². The van der Waals surface area contributed by atoms with E-state index in [1.807, 2.05) is 19.1 Å². The van der Waals surface area contributed by atoms with Crippen LogP contribution in [0.2, 0.25) is 0 Å². The summed E-state index contributed by atoms with van der Waals surface area (Å²) in [6, 6.07) is 6.90. The van der Waals surface area contributed by atoms with Crippen LogP contribution >= 0.6 is 0 Å². The van der Waals surface area contributed by atoms with Crippen molar-refractivity contribution in [2.75, 3.05) is 29.9 Å². The second-order valence-electron chi connectivity index (χ2n) is 5.99. The van der Waals surface area contributed by atoms with Gasteiger partial charge in [-0.1, -0.05) is 6.07 Å². The fourth-order valence-electron chi connectivity index (χ4n) is 2.87. The number of hydrogen-bond acceptors (Lipinski definition) is 7. The topological polar surface area (TPSA) is 121 Å². The van der Waals surface area contributed by atoms with Crippen molar-refractivity contribution in [3.05, 3.63) is 41.1 Å². The summed E-state index contributed by atoms with van der Waals surface area (Å²) in [5.41, 5.74) is 2.86. The van der Waals surface area contributed by atoms with Crippen LogP contribution in [0.5, 0.6) is 0 Å². The zero-order chi connectivity index (χ0) is 18.0. The summed E-state index contributed by atoms with van der Waals surface area (Å²) in [4.78, 5) is 11.0. The molecule has 3 rings (SSSR count). The van der Waals surface area contributed by atoms with Crippen LogP contribution in [0.4, 0.5) is 11.8 Å². The van der Waals surface area contributed by atoms with Gasteiger partial charge in [-0.15, -0.1) is 0 Å². The molecule has 1 aliphatic rings. The number of benzene rings is 1. The van der Waals surface area contributed by atoms with E-state index in [4.69, 9.17) is 10.2 Å². The number of fused-ring (bicyclic) bond motifs is 1. The number of nitrogens with two attached hydrogens (primary N) is 1. The summed E-state index contributed by atoms with van der Waals surface area (Å²) < 4.78 is 23.1. The van der Waals surface area contributed by atoms with Crippen LogP contribution in [-0.4, -0.2) is 43.2 Å². The Kier molecular flexibility index (Phi) is 4.89. The van der Waals surface area contributed by atoms with E-state index in [0.717, 1.165) is 35.6 Å². The summed E-state index contributed by atoms with van der Waals surface area (Å²) in [5.74, 6) is 1.23. The first-order valence-corrected chi connectivity index (χ1v) is 9.51. The number of nitrogens with zero attached hydrogens (tertiary/aromatic N) is 3. The molecule has 0 spiro atoms. The van der Waals surface area contributed by atoms with Crippen molar-refractivity contribution in [3.8, 4) is 0 Å². The van der Waals surface area contributed by atoms with Gasteiger partial charge in [0.05, 0.1) is 11.5 Å². The highest BCUT2D eigenvalue weighted by molar-refractivity contribution is 7.89. The van der Waals surface area contributed by atoms with Gasteiger partial charge in [-0.25, -0.2) is 18.5 Å². The number of aliphatic hydroxyl groups excluding tert-OH is 1. The van der Waals surface area contributed by atoms with Gasteiger partial charge >= 0.3 is 0 Å². The molecule has 25 heavy (non-hydrogen) atoms. The molecule has 0 fully saturated rings. The van der Waals surface area contributed by atoms with Crippen molar-refractivity contribution in [2.45, 2.75) is 24.8 Å². The fourth-order valence-corrected chi connectivity index (χ4v) is 3.43. The SMILES string of the molecule is Cc1cc(N2CCc3ccc(S(N)(=O)=O)cc3C2)nc(NCCO)n1. The molecule has 0 saturated heterocycles. The maximum atomic E-state index is 11.6. The van der Waals surface area contributed by atoms with Crippen LogP contribution in [0.25, 0.3) is 0 Å². The molecular formula is C16H21N5O3S. The largest absolute Gasteiger partial charge is 0.395 e. The minimum atomic E-state index is -3.72. The van der Waals surface area contributed by atoms with Crippen LogP contribution < -0.4 is 15.4 Å². The summed E-state index contributed by atoms with van der Waals surface area (Å²) in [7, 11) is -3.72. The molecule has 134 valence electrons. The molecule has 0 amide bonds. The number of aryl methyl sites for hydroxylation is 1. The van der Waals surface area contributed by atoms with E-state index in [1.54, 1.807) is 12.1 Å². The van der Waals surface area contributed by atoms with Gasteiger partial charge in [0, 0.05) is 31.4 Å². The van der Waals surface area contributed by atoms with Crippen LogP contribution in [0.1, 0.15) is 16.8 Å². The van der Waals surface area contributed by atoms with E-state index in [0.29, 0.717) is 19.0 Å². The molecule has 0 radical (unpaired) electrons. The molecule has 9 heteroatoms. The molecule has 2 aromatic rings. The molecule has 1 aromatic carbocycles. The molecule has 8 nitrogen and oxygen atoms in total. The molecule has 1 aliphatic heterocycles. The normalized spacial score (nSPS) is 14.3. The number of sulfonamides is 1. The third-order valence-electron chi connectivity index (χ3n) is 4.08. The van der Waals surface area contributed by atoms with E-state index in [1.165, 1.54) is 0 Å². The smallest absolute Gasteiger partial charge is 0.238 e. The highest BCUT2D eigenvalue weighted by Crippen LogP contribution is 2.26. The number of anilines is 2. The van der Waals surface area contributed by atoms with E-state index in [2.05, 4.69) is 20.2 Å². The maximum Gasteiger partial charge on any atom is 0.238 e. The Morgan fingerprint density at radius 2 is 2.08 bits per heavy atom. The van der Waals surface area contributed by atoms with Crippen molar-refractivity contribution in [1.29, 1.82) is 0 Å². The number of aliphatic hydroxyl groups is 1. The first kappa shape index (κ1) is 17.6. The molecule has 0 atom stereocenters. The van der Waals surface area contributed by atoms with Crippen molar-refractivity contribution in [2.24, 2.45) is 5.14 Å². The fraction of sp³-hybridized carbons (Fsp3) is 0.375. The Hall–Kier alpha value is -2.23. The monoisotopic (exact) mass is 363 g/mol. The third-order valence-corrected chi connectivity index (χ3v) is 4.99. The van der Waals surface area contributed by atoms with Gasteiger partial charge in [-0.05, 0) is 36.6 Å². The first-order valence-electron chi connectivity index (χ1n) is 7.97. The summed E-state index contributed by atoms with van der Waals surface area (Å²) in [6.45, 7) is 3.59. The molecular weight excluding hydrogens is 342 g/mol. The summed E-state index contributed by atoms with van der Waals surface area (Å²) >= 11 is 0. The van der Waals surface area contributed by atoms with E-state index < -0.39 is 10.0 Å². The maximum absolute atomic E-state index is 11.6. The van der Waals surface area contributed by atoms with E-state index in [9.17, 15) is 8.42 Å². The van der Waals surface area contributed by atoms with Crippen molar-refractivity contribution in [3.63, 3.8) is 0 Å². The lowest BCUT2D eigenvalue weighted by Gasteiger charge is -2.30. The van der Waals surface area contributed by atoms with Gasteiger partial charge in [0.1, 0.15) is 5.82 Å². The third kappa shape index (κ3) is 4.06. The second kappa shape index (κ2) is 6.95. The minimum absolute atomic E-state index is 0.0000638. The van der Waals surface area contributed by atoms with Gasteiger partial charge in [-0.3, -0.25) is 0 Å². The van der Waals surface area contributed by atoms with Crippen molar-refractivity contribution < 1.29 is 13.5 Å². The molecule has 4 N–H and O–H groups in total. The predicted molar refractivity (Wildman–Crippen MR) is 94.9 cm³/mol. The van der Waals surface area contributed by atoms with E-state index in [-0.39, 0.29) is 11.5 Å². The lowest BCUT2D eigenvalue weighted by molar-refractivity contribution is 0.311. The highest BCUT2D eigenvalue weighted by Gasteiger charge is 2.20. The molecule has 2 heterocycles. The predicted octanol–water partition coefficient (Wildman–Crippen LogP) is 0.399. The summed E-state index contributed by atoms with van der Waals surface area (Å²) in [5, 5.41) is 17.1. The average molecular weight is 363 g/mol. The minimum Gasteiger partial charge on any atom is -0.395 e. The number of rotatable bonds is 5. The Balaban J connectivity index is 1.88.